The van der Waals surface area contributed by atoms with Crippen LogP contribution < -0.4 is 15.0 Å². The quantitative estimate of drug-likeness (QED) is 0.489. The van der Waals surface area contributed by atoms with E-state index in [0.29, 0.717) is 29.2 Å². The molecule has 6 heteroatoms. The molecule has 0 spiro atoms. The molecule has 34 heavy (non-hydrogen) atoms. The number of amides is 2. The van der Waals surface area contributed by atoms with Crippen molar-refractivity contribution in [1.29, 1.82) is 5.26 Å². The van der Waals surface area contributed by atoms with Crippen LogP contribution in [0.25, 0.3) is 5.57 Å². The summed E-state index contributed by atoms with van der Waals surface area (Å²) < 4.78 is 5.66. The van der Waals surface area contributed by atoms with E-state index in [2.05, 4.69) is 11.4 Å². The lowest BCUT2D eigenvalue weighted by Crippen LogP contribution is -2.32. The zero-order valence-corrected chi connectivity index (χ0v) is 19.4. The van der Waals surface area contributed by atoms with Crippen LogP contribution in [0.2, 0.25) is 0 Å². The standard InChI is InChI=1S/C28H25N3O3/c1-4-16-34-23-14-10-21(11-15-23)25-26(30-24-7-5-6-18(2)19(24)3)28(33)31(27(25)32)22-12-8-20(17-29)9-13-22/h5-15,30H,4,16H2,1-3H3. The Labute approximate surface area is 199 Å². The third kappa shape index (κ3) is 4.28. The highest BCUT2D eigenvalue weighted by Crippen LogP contribution is 2.35. The predicted octanol–water partition coefficient (Wildman–Crippen LogP) is 5.36. The van der Waals surface area contributed by atoms with E-state index in [-0.39, 0.29) is 11.3 Å². The van der Waals surface area contributed by atoms with Crippen LogP contribution >= 0.6 is 0 Å². The number of anilines is 2. The minimum atomic E-state index is -0.447. The van der Waals surface area contributed by atoms with Gasteiger partial charge in [0.15, 0.2) is 0 Å². The Morgan fingerprint density at radius 2 is 1.65 bits per heavy atom. The zero-order chi connectivity index (χ0) is 24.2. The fourth-order valence-corrected chi connectivity index (χ4v) is 3.79. The molecule has 0 unspecified atom stereocenters. The lowest BCUT2D eigenvalue weighted by atomic mass is 10.0. The molecule has 1 aliphatic heterocycles. The Morgan fingerprint density at radius 3 is 2.29 bits per heavy atom. The molecule has 0 saturated carbocycles. The predicted molar refractivity (Wildman–Crippen MR) is 132 cm³/mol. The summed E-state index contributed by atoms with van der Waals surface area (Å²) in [5, 5.41) is 12.3. The number of nitrogens with one attached hydrogen (secondary N) is 1. The van der Waals surface area contributed by atoms with Crippen molar-refractivity contribution >= 4 is 28.8 Å². The van der Waals surface area contributed by atoms with E-state index in [9.17, 15) is 9.59 Å². The van der Waals surface area contributed by atoms with Crippen molar-refractivity contribution in [2.45, 2.75) is 27.2 Å². The molecule has 4 rings (SSSR count). The Morgan fingerprint density at radius 1 is 0.941 bits per heavy atom. The lowest BCUT2D eigenvalue weighted by Gasteiger charge is -2.16. The molecule has 0 fully saturated rings. The molecule has 0 saturated heterocycles. The first-order valence-corrected chi connectivity index (χ1v) is 11.1. The van der Waals surface area contributed by atoms with Gasteiger partial charge in [-0.15, -0.1) is 0 Å². The second kappa shape index (κ2) is 9.63. The third-order valence-corrected chi connectivity index (χ3v) is 5.82. The molecule has 1 aliphatic rings. The molecule has 2 amide bonds. The summed E-state index contributed by atoms with van der Waals surface area (Å²) in [6.07, 6.45) is 0.892. The molecule has 1 heterocycles. The fraction of sp³-hybridized carbons (Fsp3) is 0.179. The molecule has 0 aromatic heterocycles. The van der Waals surface area contributed by atoms with Gasteiger partial charge >= 0.3 is 0 Å². The van der Waals surface area contributed by atoms with Gasteiger partial charge in [0.25, 0.3) is 11.8 Å². The van der Waals surface area contributed by atoms with E-state index in [1.807, 2.05) is 39.0 Å². The van der Waals surface area contributed by atoms with Gasteiger partial charge in [-0.3, -0.25) is 9.59 Å². The lowest BCUT2D eigenvalue weighted by molar-refractivity contribution is -0.120. The van der Waals surface area contributed by atoms with E-state index >= 15 is 0 Å². The Hall–Kier alpha value is -4.37. The van der Waals surface area contributed by atoms with Gasteiger partial charge in [0.2, 0.25) is 0 Å². The van der Waals surface area contributed by atoms with Gasteiger partial charge in [-0.05, 0) is 79.4 Å². The van der Waals surface area contributed by atoms with Crippen LogP contribution in [-0.4, -0.2) is 18.4 Å². The summed E-state index contributed by atoms with van der Waals surface area (Å²) >= 11 is 0. The number of benzene rings is 3. The number of rotatable bonds is 7. The third-order valence-electron chi connectivity index (χ3n) is 5.82. The van der Waals surface area contributed by atoms with E-state index in [4.69, 9.17) is 10.00 Å². The Kier molecular flexibility index (Phi) is 6.46. The summed E-state index contributed by atoms with van der Waals surface area (Å²) in [5.74, 6) is -0.169. The van der Waals surface area contributed by atoms with Crippen LogP contribution in [0.5, 0.6) is 5.75 Å². The molecule has 0 bridgehead atoms. The van der Waals surface area contributed by atoms with Crippen LogP contribution in [-0.2, 0) is 9.59 Å². The monoisotopic (exact) mass is 451 g/mol. The summed E-state index contributed by atoms with van der Waals surface area (Å²) in [5.41, 5.74) is 4.81. The average Bonchev–Trinajstić information content (AvgIpc) is 3.10. The number of imide groups is 1. The maximum Gasteiger partial charge on any atom is 0.282 e. The average molecular weight is 452 g/mol. The van der Waals surface area contributed by atoms with Crippen molar-refractivity contribution in [1.82, 2.24) is 0 Å². The van der Waals surface area contributed by atoms with Gasteiger partial charge in [0, 0.05) is 5.69 Å². The minimum Gasteiger partial charge on any atom is -0.494 e. The number of carbonyl (C=O) groups excluding carboxylic acids is 2. The highest BCUT2D eigenvalue weighted by atomic mass is 16.5. The highest BCUT2D eigenvalue weighted by molar-refractivity contribution is 6.46. The van der Waals surface area contributed by atoms with Crippen LogP contribution in [0.15, 0.2) is 72.4 Å². The number of nitrogens with zero attached hydrogens (tertiary/aromatic N) is 2. The van der Waals surface area contributed by atoms with Crippen LogP contribution in [0, 0.1) is 25.2 Å². The van der Waals surface area contributed by atoms with Crippen molar-refractivity contribution in [3.63, 3.8) is 0 Å². The Balaban J connectivity index is 1.78. The van der Waals surface area contributed by atoms with E-state index < -0.39 is 11.8 Å². The number of carbonyl (C=O) groups is 2. The molecule has 0 aliphatic carbocycles. The molecule has 0 radical (unpaired) electrons. The van der Waals surface area contributed by atoms with Crippen LogP contribution in [0.1, 0.15) is 35.6 Å². The molecule has 3 aromatic rings. The number of aryl methyl sites for hydroxylation is 1. The van der Waals surface area contributed by atoms with Gasteiger partial charge in [-0.25, -0.2) is 4.90 Å². The SMILES string of the molecule is CCCOc1ccc(C2=C(Nc3cccc(C)c3C)C(=O)N(c3ccc(C#N)cc3)C2=O)cc1. The zero-order valence-electron chi connectivity index (χ0n) is 19.4. The van der Waals surface area contributed by atoms with Crippen molar-refractivity contribution in [3.8, 4) is 11.8 Å². The van der Waals surface area contributed by atoms with Gasteiger partial charge in [-0.2, -0.15) is 5.26 Å². The first-order valence-electron chi connectivity index (χ1n) is 11.1. The second-order valence-electron chi connectivity index (χ2n) is 8.10. The van der Waals surface area contributed by atoms with Crippen molar-refractivity contribution < 1.29 is 14.3 Å². The molecular weight excluding hydrogens is 426 g/mol. The van der Waals surface area contributed by atoms with Crippen LogP contribution in [0.3, 0.4) is 0 Å². The van der Waals surface area contributed by atoms with Gasteiger partial charge in [0.1, 0.15) is 11.4 Å². The maximum atomic E-state index is 13.6. The second-order valence-corrected chi connectivity index (χ2v) is 8.10. The van der Waals surface area contributed by atoms with Gasteiger partial charge < -0.3 is 10.1 Å². The first-order chi connectivity index (χ1) is 16.4. The van der Waals surface area contributed by atoms with E-state index in [1.54, 1.807) is 48.5 Å². The summed E-state index contributed by atoms with van der Waals surface area (Å²) in [7, 11) is 0. The topological polar surface area (TPSA) is 82.4 Å². The number of hydrogen-bond donors (Lipinski definition) is 1. The molecule has 6 nitrogen and oxygen atoms in total. The highest BCUT2D eigenvalue weighted by Gasteiger charge is 2.40. The van der Waals surface area contributed by atoms with Crippen LogP contribution in [0.4, 0.5) is 11.4 Å². The molecule has 3 aromatic carbocycles. The summed E-state index contributed by atoms with van der Waals surface area (Å²) in [4.78, 5) is 28.3. The van der Waals surface area contributed by atoms with E-state index in [1.165, 1.54) is 0 Å². The van der Waals surface area contributed by atoms with Gasteiger partial charge in [0.05, 0.1) is 29.5 Å². The smallest absolute Gasteiger partial charge is 0.282 e. The van der Waals surface area contributed by atoms with Crippen molar-refractivity contribution in [2.75, 3.05) is 16.8 Å². The minimum absolute atomic E-state index is 0.213. The normalized spacial score (nSPS) is 13.3. The number of hydrogen-bond acceptors (Lipinski definition) is 5. The van der Waals surface area contributed by atoms with E-state index in [0.717, 1.165) is 28.1 Å². The molecular formula is C28H25N3O3. The molecule has 170 valence electrons. The fourth-order valence-electron chi connectivity index (χ4n) is 3.79. The summed E-state index contributed by atoms with van der Waals surface area (Å²) in [6, 6.07) is 21.4. The Bertz CT molecular complexity index is 1320. The van der Waals surface area contributed by atoms with Crippen molar-refractivity contribution in [3.05, 3.63) is 94.7 Å². The number of nitriles is 1. The number of ether oxygens (including phenoxy) is 1. The largest absolute Gasteiger partial charge is 0.494 e. The molecule has 0 atom stereocenters. The maximum absolute atomic E-state index is 13.6. The first kappa shape index (κ1) is 22.8. The summed E-state index contributed by atoms with van der Waals surface area (Å²) in [6.45, 7) is 6.60. The van der Waals surface area contributed by atoms with Crippen molar-refractivity contribution in [2.24, 2.45) is 0 Å². The van der Waals surface area contributed by atoms with Gasteiger partial charge in [-0.1, -0.05) is 31.2 Å². The molecule has 1 N–H and O–H groups in total.